The molecule has 1 aromatic carbocycles. The number of amides is 2. The number of nitrogens with one attached hydrogen (secondary N) is 1. The van der Waals surface area contributed by atoms with Crippen LogP contribution in [0.15, 0.2) is 24.3 Å². The lowest BCUT2D eigenvalue weighted by atomic mass is 10.2. The second-order valence-electron chi connectivity index (χ2n) is 5.13. The summed E-state index contributed by atoms with van der Waals surface area (Å²) in [7, 11) is 1.23. The van der Waals surface area contributed by atoms with E-state index in [4.69, 9.17) is 11.6 Å². The van der Waals surface area contributed by atoms with Crippen LogP contribution in [0.3, 0.4) is 0 Å². The molecule has 22 heavy (non-hydrogen) atoms. The van der Waals surface area contributed by atoms with E-state index in [1.54, 1.807) is 6.92 Å². The molecule has 0 spiro atoms. The Morgan fingerprint density at radius 3 is 2.45 bits per heavy atom. The highest BCUT2D eigenvalue weighted by molar-refractivity contribution is 6.33. The molecule has 0 aromatic heterocycles. The normalized spacial score (nSPS) is 17.0. The summed E-state index contributed by atoms with van der Waals surface area (Å²) in [6.07, 6.45) is -0.730. The van der Waals surface area contributed by atoms with Crippen molar-refractivity contribution in [2.45, 2.75) is 13.0 Å². The van der Waals surface area contributed by atoms with Crippen LogP contribution in [0.2, 0.25) is 5.02 Å². The number of hydrogen-bond acceptors (Lipinski definition) is 5. The van der Waals surface area contributed by atoms with Gasteiger partial charge in [-0.1, -0.05) is 23.7 Å². The van der Waals surface area contributed by atoms with Crippen molar-refractivity contribution in [2.24, 2.45) is 0 Å². The van der Waals surface area contributed by atoms with E-state index in [0.29, 0.717) is 0 Å². The Labute approximate surface area is 135 Å². The van der Waals surface area contributed by atoms with Crippen LogP contribution in [0.5, 0.6) is 0 Å². The smallest absolute Gasteiger partial charge is 0.413 e. The van der Waals surface area contributed by atoms with Crippen LogP contribution in [-0.2, 0) is 9.53 Å². The lowest BCUT2D eigenvalue weighted by molar-refractivity contribution is -0.125. The van der Waals surface area contributed by atoms with Crippen molar-refractivity contribution in [1.82, 2.24) is 10.2 Å². The van der Waals surface area contributed by atoms with Crippen molar-refractivity contribution < 1.29 is 14.3 Å². The van der Waals surface area contributed by atoms with Gasteiger partial charge in [0, 0.05) is 26.2 Å². The monoisotopic (exact) mass is 325 g/mol. The summed E-state index contributed by atoms with van der Waals surface area (Å²) in [5.74, 6) is -0.349. The van der Waals surface area contributed by atoms with Crippen LogP contribution in [0, 0.1) is 0 Å². The van der Waals surface area contributed by atoms with Gasteiger partial charge in [-0.05, 0) is 19.1 Å². The first kappa shape index (κ1) is 16.6. The summed E-state index contributed by atoms with van der Waals surface area (Å²) < 4.78 is 4.43. The second-order valence-corrected chi connectivity index (χ2v) is 5.54. The Morgan fingerprint density at radius 1 is 1.23 bits per heavy atom. The number of imide groups is 1. The standard InChI is InChI=1S/C15H20ClN3O3/c1-11(14(20)17-15(21)22-2)18-7-9-19(10-8-18)13-6-4-3-5-12(13)16/h3-6,11H,7-10H2,1-2H3,(H,17,20,21)/t11-/m0/s1. The van der Waals surface area contributed by atoms with E-state index in [0.717, 1.165) is 36.9 Å². The summed E-state index contributed by atoms with van der Waals surface area (Å²) >= 11 is 6.21. The van der Waals surface area contributed by atoms with Crippen molar-refractivity contribution in [1.29, 1.82) is 0 Å². The number of carbonyl (C=O) groups excluding carboxylic acids is 2. The first-order valence-corrected chi connectivity index (χ1v) is 7.53. The summed E-state index contributed by atoms with van der Waals surface area (Å²) in [5, 5.41) is 2.93. The number of anilines is 1. The van der Waals surface area contributed by atoms with Gasteiger partial charge in [0.25, 0.3) is 0 Å². The minimum absolute atomic E-state index is 0.349. The molecule has 1 N–H and O–H groups in total. The van der Waals surface area contributed by atoms with Gasteiger partial charge in [0.15, 0.2) is 0 Å². The summed E-state index contributed by atoms with van der Waals surface area (Å²) in [5.41, 5.74) is 1.01. The first-order valence-electron chi connectivity index (χ1n) is 7.15. The second kappa shape index (κ2) is 7.47. The van der Waals surface area contributed by atoms with Crippen LogP contribution in [-0.4, -0.2) is 56.2 Å². The molecule has 1 aliphatic heterocycles. The molecule has 0 bridgehead atoms. The van der Waals surface area contributed by atoms with Gasteiger partial charge >= 0.3 is 6.09 Å². The quantitative estimate of drug-likeness (QED) is 0.917. The zero-order valence-corrected chi connectivity index (χ0v) is 13.5. The lowest BCUT2D eigenvalue weighted by Crippen LogP contribution is -2.54. The first-order chi connectivity index (χ1) is 10.5. The Balaban J connectivity index is 1.90. The molecule has 1 atom stereocenters. The molecule has 2 rings (SSSR count). The van der Waals surface area contributed by atoms with Gasteiger partial charge in [-0.3, -0.25) is 15.0 Å². The maximum atomic E-state index is 11.9. The summed E-state index contributed by atoms with van der Waals surface area (Å²) in [6, 6.07) is 7.34. The molecule has 6 nitrogen and oxygen atoms in total. The SMILES string of the molecule is COC(=O)NC(=O)[C@H](C)N1CCN(c2ccccc2Cl)CC1. The molecule has 0 aliphatic carbocycles. The fraction of sp³-hybridized carbons (Fsp3) is 0.467. The summed E-state index contributed by atoms with van der Waals surface area (Å²) in [6.45, 7) is 4.78. The van der Waals surface area contributed by atoms with Crippen LogP contribution < -0.4 is 10.2 Å². The van der Waals surface area contributed by atoms with E-state index in [1.807, 2.05) is 29.2 Å². The number of piperazine rings is 1. The number of rotatable bonds is 3. The van der Waals surface area contributed by atoms with Gasteiger partial charge in [-0.25, -0.2) is 4.79 Å². The number of ether oxygens (including phenoxy) is 1. The number of nitrogens with zero attached hydrogens (tertiary/aromatic N) is 2. The van der Waals surface area contributed by atoms with Gasteiger partial charge in [-0.15, -0.1) is 0 Å². The van der Waals surface area contributed by atoms with Crippen LogP contribution in [0.4, 0.5) is 10.5 Å². The molecular formula is C15H20ClN3O3. The predicted octanol–water partition coefficient (Wildman–Crippen LogP) is 1.73. The fourth-order valence-corrected chi connectivity index (χ4v) is 2.74. The fourth-order valence-electron chi connectivity index (χ4n) is 2.48. The van der Waals surface area contributed by atoms with E-state index in [9.17, 15) is 9.59 Å². The average Bonchev–Trinajstić information content (AvgIpc) is 2.54. The molecule has 0 radical (unpaired) electrons. The van der Waals surface area contributed by atoms with E-state index < -0.39 is 6.09 Å². The molecule has 0 saturated carbocycles. The van der Waals surface area contributed by atoms with Crippen molar-refractivity contribution >= 4 is 29.3 Å². The molecular weight excluding hydrogens is 306 g/mol. The summed E-state index contributed by atoms with van der Waals surface area (Å²) in [4.78, 5) is 27.2. The maximum absolute atomic E-state index is 11.9. The molecule has 2 amide bonds. The number of halogens is 1. The average molecular weight is 326 g/mol. The third-order valence-electron chi connectivity index (χ3n) is 3.85. The predicted molar refractivity (Wildman–Crippen MR) is 85.2 cm³/mol. The third kappa shape index (κ3) is 3.90. The number of hydrogen-bond donors (Lipinski definition) is 1. The highest BCUT2D eigenvalue weighted by Gasteiger charge is 2.27. The number of carbonyl (C=O) groups is 2. The van der Waals surface area contributed by atoms with Gasteiger partial charge < -0.3 is 9.64 Å². The topological polar surface area (TPSA) is 61.9 Å². The molecule has 1 aromatic rings. The van der Waals surface area contributed by atoms with Gasteiger partial charge in [0.1, 0.15) is 0 Å². The minimum Gasteiger partial charge on any atom is -0.453 e. The van der Waals surface area contributed by atoms with Crippen molar-refractivity contribution in [3.63, 3.8) is 0 Å². The largest absolute Gasteiger partial charge is 0.453 e. The minimum atomic E-state index is -0.730. The Bertz CT molecular complexity index is 545. The van der Waals surface area contributed by atoms with E-state index in [-0.39, 0.29) is 11.9 Å². The Hall–Kier alpha value is -1.79. The highest BCUT2D eigenvalue weighted by atomic mass is 35.5. The molecule has 1 heterocycles. The number of alkyl carbamates (subject to hydrolysis) is 1. The van der Waals surface area contributed by atoms with Crippen molar-refractivity contribution in [3.05, 3.63) is 29.3 Å². The van der Waals surface area contributed by atoms with Crippen molar-refractivity contribution in [2.75, 3.05) is 38.2 Å². The third-order valence-corrected chi connectivity index (χ3v) is 4.16. The number of benzene rings is 1. The Kier molecular flexibility index (Phi) is 5.63. The van der Waals surface area contributed by atoms with E-state index in [2.05, 4.69) is 15.0 Å². The molecule has 1 fully saturated rings. The molecule has 120 valence electrons. The van der Waals surface area contributed by atoms with Gasteiger partial charge in [-0.2, -0.15) is 0 Å². The van der Waals surface area contributed by atoms with E-state index in [1.165, 1.54) is 7.11 Å². The van der Waals surface area contributed by atoms with Crippen LogP contribution in [0.1, 0.15) is 6.92 Å². The molecule has 1 aliphatic rings. The van der Waals surface area contributed by atoms with E-state index >= 15 is 0 Å². The highest BCUT2D eigenvalue weighted by Crippen LogP contribution is 2.26. The lowest BCUT2D eigenvalue weighted by Gasteiger charge is -2.38. The van der Waals surface area contributed by atoms with Gasteiger partial charge in [0.05, 0.1) is 23.9 Å². The zero-order valence-electron chi connectivity index (χ0n) is 12.7. The Morgan fingerprint density at radius 2 is 1.86 bits per heavy atom. The van der Waals surface area contributed by atoms with Gasteiger partial charge in [0.2, 0.25) is 5.91 Å². The molecule has 1 saturated heterocycles. The van der Waals surface area contributed by atoms with Crippen LogP contribution >= 0.6 is 11.6 Å². The van der Waals surface area contributed by atoms with Crippen molar-refractivity contribution in [3.8, 4) is 0 Å². The van der Waals surface area contributed by atoms with Crippen LogP contribution in [0.25, 0.3) is 0 Å². The number of para-hydroxylation sites is 1. The maximum Gasteiger partial charge on any atom is 0.413 e. The zero-order chi connectivity index (χ0) is 16.1. The molecule has 7 heteroatoms. The number of methoxy groups -OCH3 is 1. The molecule has 0 unspecified atom stereocenters.